The average molecular weight is 505 g/mol. The maximum absolute atomic E-state index is 10.6. The fourth-order valence-electron chi connectivity index (χ4n) is 5.46. The first-order valence-electron chi connectivity index (χ1n) is 12.9. The van der Waals surface area contributed by atoms with Crippen molar-refractivity contribution < 1.29 is 14.5 Å². The van der Waals surface area contributed by atoms with Crippen LogP contribution in [0.2, 0.25) is 0 Å². The second kappa shape index (κ2) is 9.48. The minimum atomic E-state index is -1.68. The van der Waals surface area contributed by atoms with Crippen LogP contribution in [0.3, 0.4) is 0 Å². The maximum atomic E-state index is 10.6. The van der Waals surface area contributed by atoms with Gasteiger partial charge in [0.15, 0.2) is 0 Å². The zero-order valence-corrected chi connectivity index (χ0v) is 21.0. The number of benzene rings is 6. The Kier molecular flexibility index (Phi) is 5.66. The van der Waals surface area contributed by atoms with Crippen LogP contribution in [-0.2, 0) is 0 Å². The first-order chi connectivity index (χ1) is 19.2. The summed E-state index contributed by atoms with van der Waals surface area (Å²) in [6, 6.07) is 44.5. The number of hydrogen-bond donors (Lipinski definition) is 2. The molecule has 186 valence electrons. The van der Waals surface area contributed by atoms with E-state index in [2.05, 4.69) is 35.2 Å². The van der Waals surface area contributed by atoms with Crippen LogP contribution in [0, 0.1) is 0 Å². The SMILES string of the molecule is OB(O)c1cc(N(c2ccccc2)c2ccc3ccccc3c2)cc2oc3c(-c4ccccc4)cccc3c12. The van der Waals surface area contributed by atoms with Crippen molar-refractivity contribution in [2.24, 2.45) is 0 Å². The Morgan fingerprint density at radius 1 is 0.564 bits per heavy atom. The lowest BCUT2D eigenvalue weighted by Gasteiger charge is -2.26. The Labute approximate surface area is 226 Å². The molecule has 0 spiro atoms. The largest absolute Gasteiger partial charge is 0.489 e. The third-order valence-corrected chi connectivity index (χ3v) is 7.24. The normalized spacial score (nSPS) is 11.3. The van der Waals surface area contributed by atoms with Crippen molar-refractivity contribution in [3.63, 3.8) is 0 Å². The van der Waals surface area contributed by atoms with Crippen LogP contribution < -0.4 is 10.4 Å². The first kappa shape index (κ1) is 23.3. The fourth-order valence-corrected chi connectivity index (χ4v) is 5.46. The van der Waals surface area contributed by atoms with Gasteiger partial charge in [-0.3, -0.25) is 0 Å². The molecule has 0 atom stereocenters. The van der Waals surface area contributed by atoms with Gasteiger partial charge in [-0.1, -0.05) is 97.1 Å². The summed E-state index contributed by atoms with van der Waals surface area (Å²) >= 11 is 0. The highest BCUT2D eigenvalue weighted by Gasteiger charge is 2.24. The number of para-hydroxylation sites is 2. The lowest BCUT2D eigenvalue weighted by molar-refractivity contribution is 0.426. The van der Waals surface area contributed by atoms with Gasteiger partial charge in [0.1, 0.15) is 11.2 Å². The topological polar surface area (TPSA) is 56.8 Å². The van der Waals surface area contributed by atoms with E-state index < -0.39 is 7.12 Å². The van der Waals surface area contributed by atoms with Crippen molar-refractivity contribution in [1.82, 2.24) is 0 Å². The van der Waals surface area contributed by atoms with Gasteiger partial charge in [0.05, 0.1) is 0 Å². The molecule has 7 rings (SSSR count). The number of anilines is 3. The number of hydrogen-bond acceptors (Lipinski definition) is 4. The summed E-state index contributed by atoms with van der Waals surface area (Å²) in [6.07, 6.45) is 0. The number of furan rings is 1. The summed E-state index contributed by atoms with van der Waals surface area (Å²) in [5.74, 6) is 0. The van der Waals surface area contributed by atoms with E-state index in [9.17, 15) is 10.0 Å². The van der Waals surface area contributed by atoms with Crippen molar-refractivity contribution >= 4 is 62.4 Å². The third-order valence-electron chi connectivity index (χ3n) is 7.24. The van der Waals surface area contributed by atoms with E-state index >= 15 is 0 Å². The smallest absolute Gasteiger partial charge is 0.455 e. The van der Waals surface area contributed by atoms with Crippen LogP contribution in [0.5, 0.6) is 0 Å². The molecule has 1 heterocycles. The van der Waals surface area contributed by atoms with Crippen LogP contribution in [0.25, 0.3) is 43.8 Å². The summed E-state index contributed by atoms with van der Waals surface area (Å²) in [4.78, 5) is 2.11. The summed E-state index contributed by atoms with van der Waals surface area (Å²) in [6.45, 7) is 0. The highest BCUT2D eigenvalue weighted by Crippen LogP contribution is 2.40. The molecule has 1 aromatic heterocycles. The van der Waals surface area contributed by atoms with E-state index in [1.807, 2.05) is 103 Å². The van der Waals surface area contributed by atoms with E-state index in [0.29, 0.717) is 16.4 Å². The quantitative estimate of drug-likeness (QED) is 0.237. The van der Waals surface area contributed by atoms with Crippen LogP contribution in [0.15, 0.2) is 138 Å². The lowest BCUT2D eigenvalue weighted by Crippen LogP contribution is -2.31. The molecule has 7 aromatic rings. The van der Waals surface area contributed by atoms with Gasteiger partial charge in [0.2, 0.25) is 0 Å². The molecule has 0 unspecified atom stereocenters. The lowest BCUT2D eigenvalue weighted by atomic mass is 9.77. The Morgan fingerprint density at radius 3 is 2.05 bits per heavy atom. The molecule has 0 aliphatic carbocycles. The predicted octanol–water partition coefficient (Wildman–Crippen LogP) is 7.56. The monoisotopic (exact) mass is 505 g/mol. The van der Waals surface area contributed by atoms with Gasteiger partial charge in [-0.25, -0.2) is 0 Å². The summed E-state index contributed by atoms with van der Waals surface area (Å²) in [7, 11) is -1.68. The molecule has 39 heavy (non-hydrogen) atoms. The van der Waals surface area contributed by atoms with Crippen molar-refractivity contribution in [2.45, 2.75) is 0 Å². The summed E-state index contributed by atoms with van der Waals surface area (Å²) in [5, 5.41) is 25.0. The molecule has 0 saturated carbocycles. The van der Waals surface area contributed by atoms with Crippen LogP contribution in [0.4, 0.5) is 17.1 Å². The van der Waals surface area contributed by atoms with E-state index in [0.717, 1.165) is 49.9 Å². The second-order valence-corrected chi connectivity index (χ2v) is 9.63. The Balaban J connectivity index is 1.50. The van der Waals surface area contributed by atoms with E-state index in [-0.39, 0.29) is 0 Å². The molecule has 2 N–H and O–H groups in total. The van der Waals surface area contributed by atoms with Gasteiger partial charge in [0.25, 0.3) is 0 Å². The van der Waals surface area contributed by atoms with Gasteiger partial charge in [-0.05, 0) is 52.1 Å². The molecular formula is C34H24BNO3. The highest BCUT2D eigenvalue weighted by molar-refractivity contribution is 6.63. The van der Waals surface area contributed by atoms with Gasteiger partial charge in [0, 0.05) is 39.5 Å². The number of rotatable bonds is 5. The van der Waals surface area contributed by atoms with Crippen molar-refractivity contribution in [1.29, 1.82) is 0 Å². The molecule has 4 nitrogen and oxygen atoms in total. The molecule has 0 aliphatic heterocycles. The first-order valence-corrected chi connectivity index (χ1v) is 12.9. The molecule has 0 fully saturated rings. The Hall–Kier alpha value is -4.84. The molecule has 6 aromatic carbocycles. The Bertz CT molecular complexity index is 1950. The zero-order chi connectivity index (χ0) is 26.3. The minimum absolute atomic E-state index is 0.396. The molecule has 0 saturated heterocycles. The highest BCUT2D eigenvalue weighted by atomic mass is 16.4. The molecule has 0 amide bonds. The van der Waals surface area contributed by atoms with Gasteiger partial charge in [-0.15, -0.1) is 0 Å². The zero-order valence-electron chi connectivity index (χ0n) is 21.0. The average Bonchev–Trinajstić information content (AvgIpc) is 3.36. The van der Waals surface area contributed by atoms with Crippen LogP contribution >= 0.6 is 0 Å². The molecule has 0 bridgehead atoms. The molecular weight excluding hydrogens is 481 g/mol. The second-order valence-electron chi connectivity index (χ2n) is 9.63. The van der Waals surface area contributed by atoms with Crippen LogP contribution in [0.1, 0.15) is 0 Å². The van der Waals surface area contributed by atoms with Crippen molar-refractivity contribution in [3.8, 4) is 11.1 Å². The molecule has 5 heteroatoms. The maximum Gasteiger partial charge on any atom is 0.489 e. The van der Waals surface area contributed by atoms with E-state index in [1.54, 1.807) is 0 Å². The molecule has 0 radical (unpaired) electrons. The van der Waals surface area contributed by atoms with Crippen molar-refractivity contribution in [2.75, 3.05) is 4.90 Å². The van der Waals surface area contributed by atoms with Crippen LogP contribution in [-0.4, -0.2) is 17.2 Å². The summed E-state index contributed by atoms with van der Waals surface area (Å²) in [5.41, 5.74) is 6.38. The predicted molar refractivity (Wildman–Crippen MR) is 161 cm³/mol. The van der Waals surface area contributed by atoms with Gasteiger partial charge in [-0.2, -0.15) is 0 Å². The Morgan fingerprint density at radius 2 is 1.28 bits per heavy atom. The number of nitrogens with zero attached hydrogens (tertiary/aromatic N) is 1. The third kappa shape index (κ3) is 4.05. The summed E-state index contributed by atoms with van der Waals surface area (Å²) < 4.78 is 6.51. The minimum Gasteiger partial charge on any atom is -0.455 e. The standard InChI is InChI=1S/C34H24BNO3/c37-35(38)31-21-28(22-32-33(31)30-17-9-16-29(34(30)39-32)24-11-3-1-4-12-24)36(26-14-5-2-6-15-26)27-19-18-23-10-7-8-13-25(23)20-27/h1-22,37-38H. The molecule has 0 aliphatic rings. The number of fused-ring (bicyclic) bond motifs is 4. The van der Waals surface area contributed by atoms with Gasteiger partial charge < -0.3 is 19.4 Å². The van der Waals surface area contributed by atoms with E-state index in [4.69, 9.17) is 4.42 Å². The van der Waals surface area contributed by atoms with Gasteiger partial charge >= 0.3 is 7.12 Å². The fraction of sp³-hybridized carbons (Fsp3) is 0. The van der Waals surface area contributed by atoms with E-state index in [1.165, 1.54) is 0 Å². The van der Waals surface area contributed by atoms with Crippen molar-refractivity contribution in [3.05, 3.63) is 133 Å².